The van der Waals surface area contributed by atoms with Crippen LogP contribution in [0, 0.1) is 6.92 Å². The molecule has 0 saturated heterocycles. The summed E-state index contributed by atoms with van der Waals surface area (Å²) in [6.07, 6.45) is 8.20. The van der Waals surface area contributed by atoms with Crippen molar-refractivity contribution in [2.45, 2.75) is 19.8 Å². The molecular formula is C14H14N2. The third-order valence-electron chi connectivity index (χ3n) is 3.10. The molecule has 0 unspecified atom stereocenters. The molecule has 2 heterocycles. The van der Waals surface area contributed by atoms with Crippen LogP contribution < -0.4 is 0 Å². The summed E-state index contributed by atoms with van der Waals surface area (Å²) in [6.45, 7) is 2.16. The number of benzene rings is 1. The molecule has 0 radical (unpaired) electrons. The third kappa shape index (κ3) is 1.38. The molecule has 1 aliphatic heterocycles. The SMILES string of the molecule is Cc1cccc2[nH]c3c(c12)CC/C=C\C=N/3. The van der Waals surface area contributed by atoms with Crippen molar-refractivity contribution in [2.24, 2.45) is 4.99 Å². The summed E-state index contributed by atoms with van der Waals surface area (Å²) in [5.41, 5.74) is 3.88. The van der Waals surface area contributed by atoms with E-state index in [0.29, 0.717) is 0 Å². The zero-order chi connectivity index (χ0) is 11.0. The maximum Gasteiger partial charge on any atom is 0.134 e. The van der Waals surface area contributed by atoms with Crippen LogP contribution in [0.1, 0.15) is 17.5 Å². The molecule has 1 aromatic carbocycles. The first-order valence-corrected chi connectivity index (χ1v) is 5.65. The van der Waals surface area contributed by atoms with Crippen LogP contribution in [0.15, 0.2) is 35.3 Å². The minimum atomic E-state index is 1.02. The first kappa shape index (κ1) is 9.40. The summed E-state index contributed by atoms with van der Waals surface area (Å²) in [4.78, 5) is 7.85. The fourth-order valence-electron chi connectivity index (χ4n) is 2.35. The lowest BCUT2D eigenvalue weighted by molar-refractivity contribution is 1.01. The lowest BCUT2D eigenvalue weighted by atomic mass is 10.0. The molecule has 16 heavy (non-hydrogen) atoms. The molecule has 2 aromatic rings. The number of aryl methyl sites for hydroxylation is 2. The summed E-state index contributed by atoms with van der Waals surface area (Å²) >= 11 is 0. The molecule has 2 heteroatoms. The van der Waals surface area contributed by atoms with Gasteiger partial charge >= 0.3 is 0 Å². The Morgan fingerprint density at radius 1 is 1.31 bits per heavy atom. The molecule has 80 valence electrons. The molecule has 0 saturated carbocycles. The van der Waals surface area contributed by atoms with E-state index in [1.165, 1.54) is 22.0 Å². The van der Waals surface area contributed by atoms with E-state index in [1.807, 2.05) is 12.3 Å². The van der Waals surface area contributed by atoms with E-state index < -0.39 is 0 Å². The predicted molar refractivity (Wildman–Crippen MR) is 68.6 cm³/mol. The molecule has 0 bridgehead atoms. The van der Waals surface area contributed by atoms with Gasteiger partial charge in [-0.05, 0) is 37.5 Å². The number of nitrogens with one attached hydrogen (secondary N) is 1. The largest absolute Gasteiger partial charge is 0.339 e. The van der Waals surface area contributed by atoms with Crippen molar-refractivity contribution in [2.75, 3.05) is 0 Å². The number of nitrogens with zero attached hydrogens (tertiary/aromatic N) is 1. The highest BCUT2D eigenvalue weighted by Crippen LogP contribution is 2.32. The molecular weight excluding hydrogens is 196 g/mol. The Balaban J connectivity index is 2.32. The number of aromatic nitrogens is 1. The topological polar surface area (TPSA) is 28.1 Å². The second-order valence-electron chi connectivity index (χ2n) is 4.19. The van der Waals surface area contributed by atoms with Crippen LogP contribution in [-0.4, -0.2) is 11.2 Å². The number of allylic oxidation sites excluding steroid dienone is 2. The molecule has 1 aliphatic rings. The van der Waals surface area contributed by atoms with Gasteiger partial charge in [0.1, 0.15) is 5.82 Å². The Morgan fingerprint density at radius 2 is 2.25 bits per heavy atom. The summed E-state index contributed by atoms with van der Waals surface area (Å²) in [7, 11) is 0. The van der Waals surface area contributed by atoms with Gasteiger partial charge < -0.3 is 4.98 Å². The van der Waals surface area contributed by atoms with E-state index in [4.69, 9.17) is 0 Å². The third-order valence-corrected chi connectivity index (χ3v) is 3.10. The van der Waals surface area contributed by atoms with Gasteiger partial charge in [-0.25, -0.2) is 4.99 Å². The van der Waals surface area contributed by atoms with Gasteiger partial charge in [-0.15, -0.1) is 0 Å². The van der Waals surface area contributed by atoms with Crippen molar-refractivity contribution in [3.63, 3.8) is 0 Å². The van der Waals surface area contributed by atoms with Crippen molar-refractivity contribution in [1.82, 2.24) is 4.98 Å². The molecule has 0 spiro atoms. The fourth-order valence-corrected chi connectivity index (χ4v) is 2.35. The van der Waals surface area contributed by atoms with E-state index in [9.17, 15) is 0 Å². The average molecular weight is 210 g/mol. The Labute approximate surface area is 94.7 Å². The average Bonchev–Trinajstić information content (AvgIpc) is 2.57. The Bertz CT molecular complexity index is 588. The molecule has 0 aliphatic carbocycles. The highest BCUT2D eigenvalue weighted by molar-refractivity contribution is 5.92. The first-order valence-electron chi connectivity index (χ1n) is 5.65. The number of hydrogen-bond donors (Lipinski definition) is 1. The van der Waals surface area contributed by atoms with Gasteiger partial charge in [-0.3, -0.25) is 0 Å². The van der Waals surface area contributed by atoms with E-state index in [2.05, 4.69) is 41.2 Å². The fraction of sp³-hybridized carbons (Fsp3) is 0.214. The number of fused-ring (bicyclic) bond motifs is 3. The van der Waals surface area contributed by atoms with Gasteiger partial charge in [0.25, 0.3) is 0 Å². The molecule has 0 amide bonds. The van der Waals surface area contributed by atoms with E-state index in [-0.39, 0.29) is 0 Å². The highest BCUT2D eigenvalue weighted by Gasteiger charge is 2.12. The number of aliphatic imine (C=N–C) groups is 1. The predicted octanol–water partition coefficient (Wildman–Crippen LogP) is 3.68. The van der Waals surface area contributed by atoms with Crippen LogP contribution in [-0.2, 0) is 6.42 Å². The van der Waals surface area contributed by atoms with Gasteiger partial charge in [0.05, 0.1) is 0 Å². The zero-order valence-electron chi connectivity index (χ0n) is 9.33. The summed E-state index contributed by atoms with van der Waals surface area (Å²) in [5.74, 6) is 1.02. The van der Waals surface area contributed by atoms with Gasteiger partial charge in [0, 0.05) is 22.7 Å². The Morgan fingerprint density at radius 3 is 3.19 bits per heavy atom. The molecule has 0 atom stereocenters. The minimum absolute atomic E-state index is 1.02. The van der Waals surface area contributed by atoms with Gasteiger partial charge in [-0.1, -0.05) is 18.2 Å². The van der Waals surface area contributed by atoms with Crippen molar-refractivity contribution in [1.29, 1.82) is 0 Å². The van der Waals surface area contributed by atoms with Crippen molar-refractivity contribution in [3.8, 4) is 0 Å². The quantitative estimate of drug-likeness (QED) is 0.687. The van der Waals surface area contributed by atoms with Gasteiger partial charge in [0.2, 0.25) is 0 Å². The van der Waals surface area contributed by atoms with Crippen LogP contribution in [0.4, 0.5) is 5.82 Å². The maximum atomic E-state index is 4.46. The lowest BCUT2D eigenvalue weighted by Gasteiger charge is -2.02. The Kier molecular flexibility index (Phi) is 2.13. The van der Waals surface area contributed by atoms with Crippen molar-refractivity contribution >= 4 is 22.9 Å². The number of aromatic amines is 1. The van der Waals surface area contributed by atoms with E-state index in [1.54, 1.807) is 0 Å². The van der Waals surface area contributed by atoms with Crippen LogP contribution in [0.25, 0.3) is 10.9 Å². The van der Waals surface area contributed by atoms with Gasteiger partial charge in [0.15, 0.2) is 0 Å². The highest BCUT2D eigenvalue weighted by atomic mass is 14.9. The standard InChI is InChI=1S/C14H14N2/c1-10-6-5-8-12-13(10)11-7-3-2-4-9-15-14(11)16-12/h2,4-6,8-9,16H,3,7H2,1H3/b4-2-,15-9-. The number of hydrogen-bond acceptors (Lipinski definition) is 1. The molecule has 3 rings (SSSR count). The van der Waals surface area contributed by atoms with Crippen LogP contribution in [0.5, 0.6) is 0 Å². The lowest BCUT2D eigenvalue weighted by Crippen LogP contribution is -1.86. The zero-order valence-corrected chi connectivity index (χ0v) is 9.33. The maximum absolute atomic E-state index is 4.46. The van der Waals surface area contributed by atoms with Crippen LogP contribution in [0.3, 0.4) is 0 Å². The second kappa shape index (κ2) is 3.63. The molecule has 0 fully saturated rings. The van der Waals surface area contributed by atoms with E-state index in [0.717, 1.165) is 18.7 Å². The molecule has 1 N–H and O–H groups in total. The molecule has 2 nitrogen and oxygen atoms in total. The smallest absolute Gasteiger partial charge is 0.134 e. The number of rotatable bonds is 0. The summed E-state index contributed by atoms with van der Waals surface area (Å²) < 4.78 is 0. The monoisotopic (exact) mass is 210 g/mol. The normalized spacial score (nSPS) is 18.8. The van der Waals surface area contributed by atoms with E-state index >= 15 is 0 Å². The minimum Gasteiger partial charge on any atom is -0.339 e. The number of H-pyrrole nitrogens is 1. The van der Waals surface area contributed by atoms with Crippen molar-refractivity contribution < 1.29 is 0 Å². The van der Waals surface area contributed by atoms with Crippen LogP contribution >= 0.6 is 0 Å². The Hall–Kier alpha value is -1.83. The summed E-state index contributed by atoms with van der Waals surface area (Å²) in [6, 6.07) is 6.37. The second-order valence-corrected chi connectivity index (χ2v) is 4.19. The first-order chi connectivity index (χ1) is 7.86. The molecule has 1 aromatic heterocycles. The van der Waals surface area contributed by atoms with Crippen molar-refractivity contribution in [3.05, 3.63) is 41.5 Å². The van der Waals surface area contributed by atoms with Gasteiger partial charge in [-0.2, -0.15) is 0 Å². The van der Waals surface area contributed by atoms with Crippen LogP contribution in [0.2, 0.25) is 0 Å². The summed E-state index contributed by atoms with van der Waals surface area (Å²) in [5, 5.41) is 1.35.